The molecule has 0 saturated heterocycles. The molecule has 2 aromatic heterocycles. The molecule has 1 fully saturated rings. The van der Waals surface area contributed by atoms with E-state index in [0.29, 0.717) is 5.69 Å². The van der Waals surface area contributed by atoms with Gasteiger partial charge in [0.2, 0.25) is 0 Å². The minimum Gasteiger partial charge on any atom is -0.348 e. The van der Waals surface area contributed by atoms with Crippen molar-refractivity contribution in [2.45, 2.75) is 44.7 Å². The SMILES string of the molecule is Cc1c(C(=O)NC2CCC(N)CC2)nnn1-c1ccc2ncccc2c1.Cl.Cl. The summed E-state index contributed by atoms with van der Waals surface area (Å²) in [5.41, 5.74) is 8.79. The molecule has 1 aliphatic rings. The predicted molar refractivity (Wildman–Crippen MR) is 114 cm³/mol. The van der Waals surface area contributed by atoms with E-state index in [2.05, 4.69) is 20.6 Å². The van der Waals surface area contributed by atoms with Crippen LogP contribution < -0.4 is 11.1 Å². The van der Waals surface area contributed by atoms with Gasteiger partial charge >= 0.3 is 0 Å². The number of halogens is 2. The van der Waals surface area contributed by atoms with E-state index in [9.17, 15) is 4.79 Å². The highest BCUT2D eigenvalue weighted by Gasteiger charge is 2.23. The second kappa shape index (κ2) is 9.32. The minimum absolute atomic E-state index is 0. The molecule has 0 bridgehead atoms. The number of nitrogens with two attached hydrogens (primary N) is 1. The fourth-order valence-electron chi connectivity index (χ4n) is 3.50. The fraction of sp³-hybridized carbons (Fsp3) is 0.368. The van der Waals surface area contributed by atoms with Crippen LogP contribution in [0.4, 0.5) is 0 Å². The molecule has 1 amide bonds. The van der Waals surface area contributed by atoms with Crippen LogP contribution in [0.25, 0.3) is 16.6 Å². The summed E-state index contributed by atoms with van der Waals surface area (Å²) >= 11 is 0. The summed E-state index contributed by atoms with van der Waals surface area (Å²) < 4.78 is 1.69. The average Bonchev–Trinajstić information content (AvgIpc) is 3.05. The van der Waals surface area contributed by atoms with Crippen molar-refractivity contribution >= 4 is 41.6 Å². The van der Waals surface area contributed by atoms with E-state index in [-0.39, 0.29) is 42.8 Å². The number of pyridine rings is 1. The standard InChI is InChI=1S/C19H22N6O.2ClH/c1-12-18(19(26)22-15-6-4-14(20)5-7-15)23-24-25(12)16-8-9-17-13(11-16)3-2-10-21-17;;/h2-3,8-11,14-15H,4-7,20H2,1H3,(H,22,26);2*1H. The number of aromatic nitrogens is 4. The number of fused-ring (bicyclic) bond motifs is 1. The third-order valence-electron chi connectivity index (χ3n) is 5.05. The van der Waals surface area contributed by atoms with Crippen molar-refractivity contribution in [1.29, 1.82) is 0 Å². The number of nitrogens with zero attached hydrogens (tertiary/aromatic N) is 4. The number of carbonyl (C=O) groups is 1. The van der Waals surface area contributed by atoms with Crippen molar-refractivity contribution in [3.8, 4) is 5.69 Å². The van der Waals surface area contributed by atoms with E-state index in [0.717, 1.165) is 48.0 Å². The van der Waals surface area contributed by atoms with Gasteiger partial charge in [-0.2, -0.15) is 0 Å². The molecular weight excluding hydrogens is 399 g/mol. The van der Waals surface area contributed by atoms with Crippen molar-refractivity contribution in [2.75, 3.05) is 0 Å². The summed E-state index contributed by atoms with van der Waals surface area (Å²) in [5, 5.41) is 12.4. The minimum atomic E-state index is -0.170. The second-order valence-corrected chi connectivity index (χ2v) is 6.90. The first-order valence-electron chi connectivity index (χ1n) is 8.96. The summed E-state index contributed by atoms with van der Waals surface area (Å²) in [6.45, 7) is 1.86. The first-order chi connectivity index (χ1) is 12.6. The Morgan fingerprint density at radius 2 is 1.93 bits per heavy atom. The monoisotopic (exact) mass is 422 g/mol. The van der Waals surface area contributed by atoms with Gasteiger partial charge in [0.05, 0.1) is 16.9 Å². The zero-order valence-corrected chi connectivity index (χ0v) is 17.2. The maximum absolute atomic E-state index is 12.6. The van der Waals surface area contributed by atoms with Gasteiger partial charge in [-0.05, 0) is 56.9 Å². The molecule has 28 heavy (non-hydrogen) atoms. The summed E-state index contributed by atoms with van der Waals surface area (Å²) in [5.74, 6) is -0.170. The van der Waals surface area contributed by atoms with Gasteiger partial charge in [0.1, 0.15) is 0 Å². The van der Waals surface area contributed by atoms with Gasteiger partial charge in [-0.3, -0.25) is 9.78 Å². The van der Waals surface area contributed by atoms with E-state index < -0.39 is 0 Å². The molecule has 0 unspecified atom stereocenters. The van der Waals surface area contributed by atoms with Gasteiger partial charge in [-0.15, -0.1) is 29.9 Å². The molecular formula is C19H24Cl2N6O. The zero-order chi connectivity index (χ0) is 18.1. The molecule has 150 valence electrons. The van der Waals surface area contributed by atoms with Crippen LogP contribution in [0.15, 0.2) is 36.5 Å². The molecule has 0 aliphatic heterocycles. The predicted octanol–water partition coefficient (Wildman–Crippen LogP) is 2.97. The molecule has 1 saturated carbocycles. The maximum Gasteiger partial charge on any atom is 0.273 e. The Labute approximate surface area is 175 Å². The van der Waals surface area contributed by atoms with Crippen LogP contribution in [-0.2, 0) is 0 Å². The highest BCUT2D eigenvalue weighted by Crippen LogP contribution is 2.20. The van der Waals surface area contributed by atoms with Gasteiger partial charge in [0.15, 0.2) is 5.69 Å². The summed E-state index contributed by atoms with van der Waals surface area (Å²) in [6.07, 6.45) is 5.49. The molecule has 9 heteroatoms. The number of hydrogen-bond acceptors (Lipinski definition) is 5. The van der Waals surface area contributed by atoms with Crippen LogP contribution in [0.1, 0.15) is 41.9 Å². The largest absolute Gasteiger partial charge is 0.348 e. The van der Waals surface area contributed by atoms with Gasteiger partial charge < -0.3 is 11.1 Å². The third kappa shape index (κ3) is 4.43. The van der Waals surface area contributed by atoms with Crippen molar-refractivity contribution < 1.29 is 4.79 Å². The lowest BCUT2D eigenvalue weighted by Gasteiger charge is -2.26. The molecule has 4 rings (SSSR count). The first kappa shape index (κ1) is 22.1. The number of amides is 1. The van der Waals surface area contributed by atoms with Gasteiger partial charge in [-0.25, -0.2) is 4.68 Å². The fourth-order valence-corrected chi connectivity index (χ4v) is 3.50. The van der Waals surface area contributed by atoms with E-state index in [4.69, 9.17) is 5.73 Å². The van der Waals surface area contributed by atoms with Crippen molar-refractivity contribution in [2.24, 2.45) is 5.73 Å². The molecule has 3 N–H and O–H groups in total. The molecule has 0 radical (unpaired) electrons. The van der Waals surface area contributed by atoms with Crippen LogP contribution in [0, 0.1) is 6.92 Å². The Kier molecular flexibility index (Phi) is 7.35. The highest BCUT2D eigenvalue weighted by molar-refractivity contribution is 5.93. The van der Waals surface area contributed by atoms with E-state index in [1.807, 2.05) is 37.3 Å². The van der Waals surface area contributed by atoms with Crippen molar-refractivity contribution in [3.63, 3.8) is 0 Å². The van der Waals surface area contributed by atoms with Gasteiger partial charge in [-0.1, -0.05) is 11.3 Å². The van der Waals surface area contributed by atoms with Gasteiger partial charge in [0.25, 0.3) is 5.91 Å². The number of benzene rings is 1. The van der Waals surface area contributed by atoms with E-state index in [1.54, 1.807) is 10.9 Å². The molecule has 1 aromatic carbocycles. The molecule has 0 spiro atoms. The number of nitrogens with one attached hydrogen (secondary N) is 1. The lowest BCUT2D eigenvalue weighted by molar-refractivity contribution is 0.0920. The summed E-state index contributed by atoms with van der Waals surface area (Å²) in [7, 11) is 0. The lowest BCUT2D eigenvalue weighted by Crippen LogP contribution is -2.40. The highest BCUT2D eigenvalue weighted by atomic mass is 35.5. The Hall–Kier alpha value is -2.22. The molecule has 2 heterocycles. The molecule has 7 nitrogen and oxygen atoms in total. The number of hydrogen-bond donors (Lipinski definition) is 2. The van der Waals surface area contributed by atoms with Crippen LogP contribution in [0.3, 0.4) is 0 Å². The Morgan fingerprint density at radius 1 is 1.18 bits per heavy atom. The van der Waals surface area contributed by atoms with Crippen LogP contribution >= 0.6 is 24.8 Å². The molecule has 3 aromatic rings. The van der Waals surface area contributed by atoms with Crippen LogP contribution in [0.2, 0.25) is 0 Å². The van der Waals surface area contributed by atoms with Crippen molar-refractivity contribution in [1.82, 2.24) is 25.3 Å². The molecule has 0 atom stereocenters. The Bertz CT molecular complexity index is 953. The van der Waals surface area contributed by atoms with E-state index >= 15 is 0 Å². The first-order valence-corrected chi connectivity index (χ1v) is 8.96. The smallest absolute Gasteiger partial charge is 0.273 e. The maximum atomic E-state index is 12.6. The molecule has 1 aliphatic carbocycles. The second-order valence-electron chi connectivity index (χ2n) is 6.90. The van der Waals surface area contributed by atoms with Gasteiger partial charge in [0, 0.05) is 23.7 Å². The Balaban J connectivity index is 0.00000140. The normalized spacial score (nSPS) is 18.8. The topological polar surface area (TPSA) is 98.7 Å². The van der Waals surface area contributed by atoms with Crippen LogP contribution in [0.5, 0.6) is 0 Å². The number of rotatable bonds is 3. The quantitative estimate of drug-likeness (QED) is 0.675. The number of carbonyl (C=O) groups excluding carboxylic acids is 1. The Morgan fingerprint density at radius 3 is 2.68 bits per heavy atom. The van der Waals surface area contributed by atoms with Crippen molar-refractivity contribution in [3.05, 3.63) is 47.9 Å². The summed E-state index contributed by atoms with van der Waals surface area (Å²) in [4.78, 5) is 16.9. The van der Waals surface area contributed by atoms with E-state index in [1.165, 1.54) is 0 Å². The lowest BCUT2D eigenvalue weighted by atomic mass is 9.92. The third-order valence-corrected chi connectivity index (χ3v) is 5.05. The van der Waals surface area contributed by atoms with Crippen LogP contribution in [-0.4, -0.2) is 38.0 Å². The zero-order valence-electron chi connectivity index (χ0n) is 15.5. The average molecular weight is 423 g/mol. The summed E-state index contributed by atoms with van der Waals surface area (Å²) in [6, 6.07) is 10.2.